The lowest BCUT2D eigenvalue weighted by Gasteiger charge is -2.34. The van der Waals surface area contributed by atoms with Crippen LogP contribution in [0, 0.1) is 5.92 Å². The smallest absolute Gasteiger partial charge is 0.408 e. The molecule has 2 unspecified atom stereocenters. The predicted molar refractivity (Wildman–Crippen MR) is 147 cm³/mol. The fourth-order valence-corrected chi connectivity index (χ4v) is 4.10. The highest BCUT2D eigenvalue weighted by Crippen LogP contribution is 2.24. The highest BCUT2D eigenvalue weighted by Gasteiger charge is 2.35. The van der Waals surface area contributed by atoms with Crippen LogP contribution in [0.5, 0.6) is 0 Å². The first-order valence-electron chi connectivity index (χ1n) is 13.2. The number of hydrogen-bond acceptors (Lipinski definition) is 4. The van der Waals surface area contributed by atoms with Gasteiger partial charge in [-0.2, -0.15) is 0 Å². The minimum absolute atomic E-state index is 0.136. The van der Waals surface area contributed by atoms with Gasteiger partial charge in [-0.3, -0.25) is 9.59 Å². The van der Waals surface area contributed by atoms with Gasteiger partial charge in [0.05, 0.1) is 0 Å². The normalized spacial score (nSPS) is 13.0. The summed E-state index contributed by atoms with van der Waals surface area (Å²) in [6.45, 7) is 13.9. The molecule has 2 atom stereocenters. The van der Waals surface area contributed by atoms with Gasteiger partial charge in [-0.25, -0.2) is 4.79 Å². The highest BCUT2D eigenvalue weighted by molar-refractivity contribution is 5.92. The zero-order chi connectivity index (χ0) is 27.6. The van der Waals surface area contributed by atoms with Gasteiger partial charge >= 0.3 is 6.09 Å². The van der Waals surface area contributed by atoms with E-state index in [0.29, 0.717) is 19.5 Å². The fourth-order valence-electron chi connectivity index (χ4n) is 4.10. The van der Waals surface area contributed by atoms with Crippen LogP contribution in [0.15, 0.2) is 54.6 Å². The number of carbonyl (C=O) groups excluding carboxylic acids is 3. The summed E-state index contributed by atoms with van der Waals surface area (Å²) >= 11 is 0. The molecule has 37 heavy (non-hydrogen) atoms. The Bertz CT molecular complexity index is 1010. The largest absolute Gasteiger partial charge is 0.444 e. The lowest BCUT2D eigenvalue weighted by Crippen LogP contribution is -2.53. The zero-order valence-corrected chi connectivity index (χ0v) is 23.3. The van der Waals surface area contributed by atoms with E-state index in [1.54, 1.807) is 25.7 Å². The van der Waals surface area contributed by atoms with Crippen molar-refractivity contribution in [2.45, 2.75) is 85.5 Å². The van der Waals surface area contributed by atoms with Crippen LogP contribution in [0.1, 0.15) is 77.6 Å². The Labute approximate surface area is 222 Å². The molecular weight excluding hydrogens is 466 g/mol. The van der Waals surface area contributed by atoms with Crippen LogP contribution in [-0.2, 0) is 27.3 Å². The van der Waals surface area contributed by atoms with Crippen LogP contribution >= 0.6 is 0 Å². The molecule has 0 aliphatic carbocycles. The molecule has 7 heteroatoms. The maximum atomic E-state index is 13.9. The number of nitrogens with zero attached hydrogens (tertiary/aromatic N) is 1. The third kappa shape index (κ3) is 9.56. The van der Waals surface area contributed by atoms with E-state index in [1.165, 1.54) is 0 Å². The molecule has 0 saturated heterocycles. The molecular formula is C30H43N3O4. The summed E-state index contributed by atoms with van der Waals surface area (Å²) in [5.74, 6) is -0.456. The Morgan fingerprint density at radius 2 is 1.54 bits per heavy atom. The molecule has 0 heterocycles. The first-order valence-corrected chi connectivity index (χ1v) is 13.2. The number of aryl methyl sites for hydroxylation is 1. The molecule has 0 radical (unpaired) electrons. The number of benzene rings is 2. The van der Waals surface area contributed by atoms with Crippen molar-refractivity contribution in [3.63, 3.8) is 0 Å². The summed E-state index contributed by atoms with van der Waals surface area (Å²) in [4.78, 5) is 41.7. The van der Waals surface area contributed by atoms with Crippen LogP contribution in [-0.4, -0.2) is 41.0 Å². The van der Waals surface area contributed by atoms with Crippen molar-refractivity contribution in [3.8, 4) is 0 Å². The second-order valence-corrected chi connectivity index (χ2v) is 10.7. The molecule has 0 bridgehead atoms. The number of rotatable bonds is 11. The van der Waals surface area contributed by atoms with Crippen molar-refractivity contribution in [2.24, 2.45) is 5.92 Å². The summed E-state index contributed by atoms with van der Waals surface area (Å²) in [6.07, 6.45) is 0.638. The van der Waals surface area contributed by atoms with Crippen LogP contribution < -0.4 is 10.6 Å². The lowest BCUT2D eigenvalue weighted by atomic mass is 9.98. The molecule has 202 valence electrons. The average Bonchev–Trinajstić information content (AvgIpc) is 2.84. The third-order valence-electron chi connectivity index (χ3n) is 5.89. The molecule has 0 spiro atoms. The second kappa shape index (κ2) is 13.8. The van der Waals surface area contributed by atoms with Gasteiger partial charge in [0.1, 0.15) is 17.7 Å². The standard InChI is InChI=1S/C30H43N3O4/c1-8-22-15-17-24(18-16-22)26(27(34)31-20-23-13-11-10-12-14-23)33(9-2)28(35)25(19-21(3)4)32-29(36)37-30(5,6)7/h10-18,21,25-26H,8-9,19-20H2,1-7H3,(H,31,34)(H,32,36). The molecule has 2 rings (SSSR count). The van der Waals surface area contributed by atoms with Gasteiger partial charge in [-0.05, 0) is 63.1 Å². The van der Waals surface area contributed by atoms with Crippen molar-refractivity contribution >= 4 is 17.9 Å². The zero-order valence-electron chi connectivity index (χ0n) is 23.3. The van der Waals surface area contributed by atoms with Gasteiger partial charge in [0.2, 0.25) is 11.8 Å². The van der Waals surface area contributed by atoms with E-state index in [9.17, 15) is 14.4 Å². The molecule has 7 nitrogen and oxygen atoms in total. The quantitative estimate of drug-likeness (QED) is 0.425. The Balaban J connectivity index is 2.38. The van der Waals surface area contributed by atoms with Crippen molar-refractivity contribution < 1.29 is 19.1 Å². The number of nitrogens with one attached hydrogen (secondary N) is 2. The number of alkyl carbamates (subject to hydrolysis) is 1. The van der Waals surface area contributed by atoms with Crippen LogP contribution in [0.25, 0.3) is 0 Å². The van der Waals surface area contributed by atoms with E-state index < -0.39 is 23.8 Å². The van der Waals surface area contributed by atoms with E-state index in [2.05, 4.69) is 17.6 Å². The minimum Gasteiger partial charge on any atom is -0.444 e. The molecule has 3 amide bonds. The minimum atomic E-state index is -0.845. The summed E-state index contributed by atoms with van der Waals surface area (Å²) in [5, 5.41) is 5.76. The predicted octanol–water partition coefficient (Wildman–Crippen LogP) is 5.39. The summed E-state index contributed by atoms with van der Waals surface area (Å²) in [6, 6.07) is 15.7. The summed E-state index contributed by atoms with van der Waals surface area (Å²) in [5.41, 5.74) is 2.14. The first kappa shape index (κ1) is 29.9. The molecule has 0 aromatic heterocycles. The van der Waals surface area contributed by atoms with Gasteiger partial charge in [0, 0.05) is 13.1 Å². The van der Waals surface area contributed by atoms with Crippen molar-refractivity contribution in [3.05, 3.63) is 71.3 Å². The van der Waals surface area contributed by atoms with Gasteiger partial charge < -0.3 is 20.3 Å². The molecule has 2 aromatic carbocycles. The lowest BCUT2D eigenvalue weighted by molar-refractivity contribution is -0.142. The second-order valence-electron chi connectivity index (χ2n) is 10.7. The highest BCUT2D eigenvalue weighted by atomic mass is 16.6. The number of ether oxygens (including phenoxy) is 1. The summed E-state index contributed by atoms with van der Waals surface area (Å²) < 4.78 is 5.42. The maximum absolute atomic E-state index is 13.9. The average molecular weight is 510 g/mol. The van der Waals surface area contributed by atoms with Gasteiger partial charge in [-0.15, -0.1) is 0 Å². The summed E-state index contributed by atoms with van der Waals surface area (Å²) in [7, 11) is 0. The van der Waals surface area contributed by atoms with Crippen molar-refractivity contribution in [2.75, 3.05) is 6.54 Å². The fraction of sp³-hybridized carbons (Fsp3) is 0.500. The molecule has 0 aliphatic heterocycles. The van der Waals surface area contributed by atoms with Crippen LogP contribution in [0.4, 0.5) is 4.79 Å². The first-order chi connectivity index (χ1) is 17.4. The molecule has 0 saturated carbocycles. The molecule has 2 aromatic rings. The van der Waals surface area contributed by atoms with Crippen LogP contribution in [0.2, 0.25) is 0 Å². The molecule has 2 N–H and O–H groups in total. The number of hydrogen-bond donors (Lipinski definition) is 2. The monoisotopic (exact) mass is 509 g/mol. The van der Waals surface area contributed by atoms with Gasteiger partial charge in [0.15, 0.2) is 0 Å². The van der Waals surface area contributed by atoms with Gasteiger partial charge in [0.25, 0.3) is 0 Å². The maximum Gasteiger partial charge on any atom is 0.408 e. The molecule has 0 fully saturated rings. The Hall–Kier alpha value is -3.35. The van der Waals surface area contributed by atoms with E-state index >= 15 is 0 Å². The SMILES string of the molecule is CCc1ccc(C(C(=O)NCc2ccccc2)N(CC)C(=O)C(CC(C)C)NC(=O)OC(C)(C)C)cc1. The Morgan fingerprint density at radius 3 is 2.05 bits per heavy atom. The number of amides is 3. The molecule has 0 aliphatic rings. The Kier molecular flexibility index (Phi) is 11.2. The number of likely N-dealkylation sites (N-methyl/N-ethyl adjacent to an activating group) is 1. The van der Waals surface area contributed by atoms with Crippen LogP contribution in [0.3, 0.4) is 0 Å². The van der Waals surface area contributed by atoms with E-state index in [1.807, 2.05) is 75.4 Å². The van der Waals surface area contributed by atoms with E-state index in [4.69, 9.17) is 4.74 Å². The topological polar surface area (TPSA) is 87.7 Å². The van der Waals surface area contributed by atoms with Crippen molar-refractivity contribution in [1.29, 1.82) is 0 Å². The number of carbonyl (C=O) groups is 3. The third-order valence-corrected chi connectivity index (χ3v) is 5.89. The van der Waals surface area contributed by atoms with Crippen molar-refractivity contribution in [1.82, 2.24) is 15.5 Å². The van der Waals surface area contributed by atoms with E-state index in [0.717, 1.165) is 23.1 Å². The van der Waals surface area contributed by atoms with Gasteiger partial charge in [-0.1, -0.05) is 75.4 Å². The van der Waals surface area contributed by atoms with E-state index in [-0.39, 0.29) is 17.7 Å². The Morgan fingerprint density at radius 1 is 0.919 bits per heavy atom.